The SMILES string of the molecule is CCOc1ccc(-c2nc3cnc4ccccc4n3c2O)cc1. The van der Waals surface area contributed by atoms with E-state index in [1.807, 2.05) is 55.5 Å². The van der Waals surface area contributed by atoms with E-state index in [1.54, 1.807) is 10.6 Å². The number of benzene rings is 2. The zero-order valence-corrected chi connectivity index (χ0v) is 12.6. The smallest absolute Gasteiger partial charge is 0.224 e. The number of hydrogen-bond donors (Lipinski definition) is 1. The molecule has 0 bridgehead atoms. The van der Waals surface area contributed by atoms with Crippen molar-refractivity contribution in [3.63, 3.8) is 0 Å². The third-order valence-electron chi connectivity index (χ3n) is 3.76. The first kappa shape index (κ1) is 13.6. The van der Waals surface area contributed by atoms with Crippen molar-refractivity contribution in [1.82, 2.24) is 14.4 Å². The molecule has 1 N–H and O–H groups in total. The minimum atomic E-state index is 0.114. The summed E-state index contributed by atoms with van der Waals surface area (Å²) < 4.78 is 7.16. The van der Waals surface area contributed by atoms with E-state index < -0.39 is 0 Å². The number of imidazole rings is 1. The Morgan fingerprint density at radius 2 is 1.87 bits per heavy atom. The van der Waals surface area contributed by atoms with Gasteiger partial charge in [-0.3, -0.25) is 9.38 Å². The van der Waals surface area contributed by atoms with Crippen LogP contribution in [0.1, 0.15) is 6.92 Å². The van der Waals surface area contributed by atoms with Crippen molar-refractivity contribution in [2.24, 2.45) is 0 Å². The molecular weight excluding hydrogens is 290 g/mol. The molecule has 5 nitrogen and oxygen atoms in total. The molecule has 0 atom stereocenters. The molecule has 2 heterocycles. The normalized spacial score (nSPS) is 11.2. The fourth-order valence-corrected chi connectivity index (χ4v) is 2.71. The number of rotatable bonds is 3. The lowest BCUT2D eigenvalue weighted by Crippen LogP contribution is -1.90. The van der Waals surface area contributed by atoms with Crippen molar-refractivity contribution in [2.45, 2.75) is 6.92 Å². The first-order valence-corrected chi connectivity index (χ1v) is 7.46. The fraction of sp³-hybridized carbons (Fsp3) is 0.111. The second-order valence-electron chi connectivity index (χ2n) is 5.18. The highest BCUT2D eigenvalue weighted by Gasteiger charge is 2.15. The molecule has 0 aliphatic heterocycles. The summed E-state index contributed by atoms with van der Waals surface area (Å²) in [6.45, 7) is 2.57. The maximum atomic E-state index is 10.7. The summed E-state index contributed by atoms with van der Waals surface area (Å²) in [5, 5.41) is 10.7. The van der Waals surface area contributed by atoms with Crippen molar-refractivity contribution in [3.05, 3.63) is 54.7 Å². The maximum absolute atomic E-state index is 10.7. The van der Waals surface area contributed by atoms with Gasteiger partial charge in [-0.15, -0.1) is 0 Å². The number of nitrogens with zero attached hydrogens (tertiary/aromatic N) is 3. The Balaban J connectivity index is 1.90. The van der Waals surface area contributed by atoms with E-state index in [0.717, 1.165) is 22.3 Å². The van der Waals surface area contributed by atoms with Gasteiger partial charge in [0.15, 0.2) is 5.65 Å². The largest absolute Gasteiger partial charge is 0.494 e. The lowest BCUT2D eigenvalue weighted by molar-refractivity contribution is 0.340. The van der Waals surface area contributed by atoms with Crippen molar-refractivity contribution in [2.75, 3.05) is 6.61 Å². The second kappa shape index (κ2) is 5.28. The van der Waals surface area contributed by atoms with E-state index in [9.17, 15) is 5.11 Å². The first-order valence-electron chi connectivity index (χ1n) is 7.46. The highest BCUT2D eigenvalue weighted by Crippen LogP contribution is 2.32. The summed E-state index contributed by atoms with van der Waals surface area (Å²) in [6.07, 6.45) is 1.67. The van der Waals surface area contributed by atoms with Crippen LogP contribution >= 0.6 is 0 Å². The van der Waals surface area contributed by atoms with Crippen LogP contribution in [-0.4, -0.2) is 26.1 Å². The molecule has 0 radical (unpaired) electrons. The number of hydrogen-bond acceptors (Lipinski definition) is 4. The molecule has 0 fully saturated rings. The minimum absolute atomic E-state index is 0.114. The van der Waals surface area contributed by atoms with E-state index in [2.05, 4.69) is 9.97 Å². The van der Waals surface area contributed by atoms with E-state index in [0.29, 0.717) is 17.9 Å². The van der Waals surface area contributed by atoms with Gasteiger partial charge in [-0.05, 0) is 43.3 Å². The Bertz CT molecular complexity index is 990. The van der Waals surface area contributed by atoms with Crippen molar-refractivity contribution >= 4 is 16.7 Å². The van der Waals surface area contributed by atoms with Crippen molar-refractivity contribution in [3.8, 4) is 22.9 Å². The topological polar surface area (TPSA) is 59.7 Å². The van der Waals surface area contributed by atoms with Crippen LogP contribution in [0.15, 0.2) is 54.7 Å². The van der Waals surface area contributed by atoms with Gasteiger partial charge in [-0.2, -0.15) is 0 Å². The number of para-hydroxylation sites is 2. The summed E-state index contributed by atoms with van der Waals surface area (Å²) in [6, 6.07) is 15.2. The molecule has 2 aromatic carbocycles. The molecule has 0 unspecified atom stereocenters. The molecule has 0 aliphatic rings. The quantitative estimate of drug-likeness (QED) is 0.627. The van der Waals surface area contributed by atoms with Crippen molar-refractivity contribution in [1.29, 1.82) is 0 Å². The summed E-state index contributed by atoms with van der Waals surface area (Å²) >= 11 is 0. The summed E-state index contributed by atoms with van der Waals surface area (Å²) in [4.78, 5) is 8.90. The standard InChI is InChI=1S/C18H15N3O2/c1-2-23-13-9-7-12(8-10-13)17-18(22)21-15-6-4-3-5-14(15)19-11-16(21)20-17/h3-11,22H,2H2,1H3. The molecule has 0 saturated carbocycles. The molecule has 0 amide bonds. The predicted molar refractivity (Wildman–Crippen MR) is 88.8 cm³/mol. The Morgan fingerprint density at radius 3 is 2.65 bits per heavy atom. The molecule has 0 saturated heterocycles. The second-order valence-corrected chi connectivity index (χ2v) is 5.18. The van der Waals surface area contributed by atoms with Crippen LogP contribution in [0.3, 0.4) is 0 Å². The van der Waals surface area contributed by atoms with Crippen LogP contribution in [0.4, 0.5) is 0 Å². The Morgan fingerprint density at radius 1 is 1.09 bits per heavy atom. The van der Waals surface area contributed by atoms with Gasteiger partial charge in [0, 0.05) is 5.56 Å². The molecule has 114 valence electrons. The molecule has 5 heteroatoms. The third kappa shape index (κ3) is 2.17. The van der Waals surface area contributed by atoms with Gasteiger partial charge in [0.2, 0.25) is 5.88 Å². The molecule has 23 heavy (non-hydrogen) atoms. The monoisotopic (exact) mass is 305 g/mol. The summed E-state index contributed by atoms with van der Waals surface area (Å²) in [5.41, 5.74) is 3.62. The van der Waals surface area contributed by atoms with Crippen LogP contribution in [-0.2, 0) is 0 Å². The lowest BCUT2D eigenvalue weighted by atomic mass is 10.1. The highest BCUT2D eigenvalue weighted by molar-refractivity contribution is 5.81. The molecular formula is C18H15N3O2. The summed E-state index contributed by atoms with van der Waals surface area (Å²) in [7, 11) is 0. The van der Waals surface area contributed by atoms with Gasteiger partial charge in [0.1, 0.15) is 11.4 Å². The van der Waals surface area contributed by atoms with Gasteiger partial charge in [0.05, 0.1) is 23.8 Å². The molecule has 0 aliphatic carbocycles. The zero-order chi connectivity index (χ0) is 15.8. The number of aromatic hydroxyl groups is 1. The van der Waals surface area contributed by atoms with Crippen LogP contribution in [0.25, 0.3) is 27.9 Å². The molecule has 4 rings (SSSR count). The Kier molecular flexibility index (Phi) is 3.12. The first-order chi connectivity index (χ1) is 11.3. The van der Waals surface area contributed by atoms with Gasteiger partial charge in [-0.25, -0.2) is 4.98 Å². The Hall–Kier alpha value is -3.08. The minimum Gasteiger partial charge on any atom is -0.494 e. The van der Waals surface area contributed by atoms with E-state index in [1.165, 1.54) is 0 Å². The van der Waals surface area contributed by atoms with E-state index in [-0.39, 0.29) is 5.88 Å². The van der Waals surface area contributed by atoms with E-state index >= 15 is 0 Å². The average molecular weight is 305 g/mol. The van der Waals surface area contributed by atoms with Gasteiger partial charge >= 0.3 is 0 Å². The predicted octanol–water partition coefficient (Wildman–Crippen LogP) is 3.65. The third-order valence-corrected chi connectivity index (χ3v) is 3.76. The number of ether oxygens (including phenoxy) is 1. The highest BCUT2D eigenvalue weighted by atomic mass is 16.5. The lowest BCUT2D eigenvalue weighted by Gasteiger charge is -2.04. The van der Waals surface area contributed by atoms with E-state index in [4.69, 9.17) is 4.74 Å². The summed E-state index contributed by atoms with van der Waals surface area (Å²) in [5.74, 6) is 0.911. The zero-order valence-electron chi connectivity index (χ0n) is 12.6. The van der Waals surface area contributed by atoms with Gasteiger partial charge in [-0.1, -0.05) is 12.1 Å². The number of fused-ring (bicyclic) bond motifs is 3. The average Bonchev–Trinajstić information content (AvgIpc) is 2.93. The number of aromatic nitrogens is 3. The maximum Gasteiger partial charge on any atom is 0.224 e. The van der Waals surface area contributed by atoms with Crippen molar-refractivity contribution < 1.29 is 9.84 Å². The molecule has 4 aromatic rings. The van der Waals surface area contributed by atoms with Gasteiger partial charge < -0.3 is 9.84 Å². The van der Waals surface area contributed by atoms with Gasteiger partial charge in [0.25, 0.3) is 0 Å². The molecule has 0 spiro atoms. The Labute approximate surface area is 132 Å². The fourth-order valence-electron chi connectivity index (χ4n) is 2.71. The van der Waals surface area contributed by atoms with Crippen LogP contribution in [0.5, 0.6) is 11.6 Å². The molecule has 2 aromatic heterocycles. The van der Waals surface area contributed by atoms with Crippen LogP contribution < -0.4 is 4.74 Å². The van der Waals surface area contributed by atoms with Crippen LogP contribution in [0, 0.1) is 0 Å². The van der Waals surface area contributed by atoms with Crippen LogP contribution in [0.2, 0.25) is 0 Å².